The number of anilines is 1. The molecule has 1 aromatic heterocycles. The van der Waals surface area contributed by atoms with Gasteiger partial charge >= 0.3 is 0 Å². The minimum atomic E-state index is 0.0790. The Morgan fingerprint density at radius 3 is 1.37 bits per heavy atom. The van der Waals surface area contributed by atoms with Crippen LogP contribution in [0.1, 0.15) is 81.1 Å². The Morgan fingerprint density at radius 1 is 0.704 bits per heavy atom. The van der Waals surface area contributed by atoms with Crippen molar-refractivity contribution in [3.05, 3.63) is 12.7 Å². The van der Waals surface area contributed by atoms with Crippen LogP contribution in [-0.4, -0.2) is 49.2 Å². The minimum Gasteiger partial charge on any atom is -0.334 e. The largest absolute Gasteiger partial charge is 0.334 e. The van der Waals surface area contributed by atoms with E-state index in [-0.39, 0.29) is 22.2 Å². The van der Waals surface area contributed by atoms with Crippen LogP contribution < -0.4 is 15.5 Å². The van der Waals surface area contributed by atoms with Crippen molar-refractivity contribution in [2.45, 2.75) is 115 Å². The summed E-state index contributed by atoms with van der Waals surface area (Å²) in [6, 6.07) is 0.793. The van der Waals surface area contributed by atoms with Crippen LogP contribution in [-0.2, 0) is 0 Å². The maximum Gasteiger partial charge on any atom is 0.228 e. The Hall–Kier alpha value is -1.27. The molecule has 2 fully saturated rings. The molecule has 27 heavy (non-hydrogen) atoms. The number of hydrogen-bond donors (Lipinski definition) is 2. The van der Waals surface area contributed by atoms with Crippen LogP contribution in [0.5, 0.6) is 0 Å². The first kappa shape index (κ1) is 20.5. The second kappa shape index (κ2) is 6.66. The summed E-state index contributed by atoms with van der Waals surface area (Å²) in [5.41, 5.74) is 0.316. The number of rotatable bonds is 3. The van der Waals surface area contributed by atoms with Crippen molar-refractivity contribution in [1.82, 2.24) is 25.6 Å². The van der Waals surface area contributed by atoms with Crippen LogP contribution in [0.2, 0.25) is 0 Å². The van der Waals surface area contributed by atoms with Gasteiger partial charge in [0.2, 0.25) is 5.95 Å². The van der Waals surface area contributed by atoms with Crippen LogP contribution in [0.25, 0.3) is 0 Å². The first-order valence-corrected chi connectivity index (χ1v) is 10.3. The lowest BCUT2D eigenvalue weighted by Gasteiger charge is -2.55. The molecule has 2 saturated heterocycles. The summed E-state index contributed by atoms with van der Waals surface area (Å²) in [7, 11) is 0. The lowest BCUT2D eigenvalue weighted by Crippen LogP contribution is -2.67. The van der Waals surface area contributed by atoms with E-state index in [2.05, 4.69) is 85.9 Å². The van der Waals surface area contributed by atoms with E-state index in [9.17, 15) is 0 Å². The van der Waals surface area contributed by atoms with E-state index in [4.69, 9.17) is 0 Å². The molecule has 0 saturated carbocycles. The average molecular weight is 375 g/mol. The van der Waals surface area contributed by atoms with E-state index in [0.29, 0.717) is 12.1 Å². The van der Waals surface area contributed by atoms with E-state index in [1.165, 1.54) is 0 Å². The summed E-state index contributed by atoms with van der Waals surface area (Å²) >= 11 is 0. The SMILES string of the molecule is CC1(C)CC(N(c2ncncn2)C2CC(C)(C)NC(C)(C)C2)CC(C)(C)N1. The first-order chi connectivity index (χ1) is 12.3. The molecule has 0 bridgehead atoms. The van der Waals surface area contributed by atoms with Crippen LogP contribution in [0, 0.1) is 0 Å². The van der Waals surface area contributed by atoms with E-state index < -0.39 is 0 Å². The zero-order chi connectivity index (χ0) is 20.1. The van der Waals surface area contributed by atoms with Crippen LogP contribution >= 0.6 is 0 Å². The molecule has 0 unspecified atom stereocenters. The molecular formula is C21H38N6. The molecule has 3 rings (SSSR count). The van der Waals surface area contributed by atoms with E-state index >= 15 is 0 Å². The monoisotopic (exact) mass is 374 g/mol. The fourth-order valence-electron chi connectivity index (χ4n) is 5.92. The second-order valence-electron chi connectivity index (χ2n) is 11.3. The molecule has 6 nitrogen and oxygen atoms in total. The molecule has 0 atom stereocenters. The Labute approximate surface area is 165 Å². The molecule has 6 heteroatoms. The first-order valence-electron chi connectivity index (χ1n) is 10.3. The molecule has 2 N–H and O–H groups in total. The fraction of sp³-hybridized carbons (Fsp3) is 0.857. The summed E-state index contributed by atoms with van der Waals surface area (Å²) in [5, 5.41) is 7.62. The number of nitrogens with zero attached hydrogens (tertiary/aromatic N) is 4. The summed E-state index contributed by atoms with van der Waals surface area (Å²) in [4.78, 5) is 15.7. The molecule has 152 valence electrons. The summed E-state index contributed by atoms with van der Waals surface area (Å²) in [6.07, 6.45) is 7.56. The predicted molar refractivity (Wildman–Crippen MR) is 111 cm³/mol. The zero-order valence-corrected chi connectivity index (χ0v) is 18.4. The van der Waals surface area contributed by atoms with Crippen molar-refractivity contribution >= 4 is 5.95 Å². The van der Waals surface area contributed by atoms with Gasteiger partial charge in [0, 0.05) is 34.2 Å². The molecule has 2 aliphatic rings. The topological polar surface area (TPSA) is 66.0 Å². The van der Waals surface area contributed by atoms with Gasteiger partial charge in [-0.3, -0.25) is 0 Å². The lowest BCUT2D eigenvalue weighted by molar-refractivity contribution is 0.123. The molecule has 2 aliphatic heterocycles. The Balaban J connectivity index is 2.00. The van der Waals surface area contributed by atoms with Gasteiger partial charge in [0.25, 0.3) is 0 Å². The van der Waals surface area contributed by atoms with Gasteiger partial charge in [0.05, 0.1) is 0 Å². The molecule has 0 aliphatic carbocycles. The number of hydrogen-bond acceptors (Lipinski definition) is 6. The second-order valence-corrected chi connectivity index (χ2v) is 11.3. The van der Waals surface area contributed by atoms with Crippen LogP contribution in [0.3, 0.4) is 0 Å². The predicted octanol–water partition coefficient (Wildman–Crippen LogP) is 3.30. The molecule has 1 aromatic rings. The van der Waals surface area contributed by atoms with Crippen molar-refractivity contribution < 1.29 is 0 Å². The molecule has 0 spiro atoms. The summed E-state index contributed by atoms with van der Waals surface area (Å²) in [6.45, 7) is 18.5. The van der Waals surface area contributed by atoms with Gasteiger partial charge in [-0.25, -0.2) is 15.0 Å². The molecule has 0 amide bonds. The number of nitrogens with one attached hydrogen (secondary N) is 2. The van der Waals surface area contributed by atoms with E-state index in [1.54, 1.807) is 12.7 Å². The van der Waals surface area contributed by atoms with Crippen molar-refractivity contribution in [2.24, 2.45) is 0 Å². The van der Waals surface area contributed by atoms with Gasteiger partial charge in [0.15, 0.2) is 0 Å². The van der Waals surface area contributed by atoms with Crippen molar-refractivity contribution in [3.63, 3.8) is 0 Å². The van der Waals surface area contributed by atoms with Gasteiger partial charge in [-0.2, -0.15) is 0 Å². The van der Waals surface area contributed by atoms with E-state index in [0.717, 1.165) is 31.6 Å². The molecule has 0 radical (unpaired) electrons. The lowest BCUT2D eigenvalue weighted by atomic mass is 9.75. The standard InChI is InChI=1S/C21H38N6/c1-18(2)9-15(10-19(3,4)25-18)27(17-23-13-22-14-24-17)16-11-20(5,6)26-21(7,8)12-16/h13-16,25-26H,9-12H2,1-8H3. The quantitative estimate of drug-likeness (QED) is 0.846. The van der Waals surface area contributed by atoms with Crippen molar-refractivity contribution in [2.75, 3.05) is 4.90 Å². The Kier molecular flexibility index (Phi) is 5.05. The fourth-order valence-corrected chi connectivity index (χ4v) is 5.92. The minimum absolute atomic E-state index is 0.0790. The molecule has 3 heterocycles. The number of piperidine rings is 2. The Bertz CT molecular complexity index is 582. The van der Waals surface area contributed by atoms with Gasteiger partial charge in [0.1, 0.15) is 12.7 Å². The van der Waals surface area contributed by atoms with Gasteiger partial charge < -0.3 is 15.5 Å². The summed E-state index contributed by atoms with van der Waals surface area (Å²) < 4.78 is 0. The highest BCUT2D eigenvalue weighted by Gasteiger charge is 2.46. The normalized spacial score (nSPS) is 27.3. The van der Waals surface area contributed by atoms with Gasteiger partial charge in [-0.05, 0) is 81.1 Å². The van der Waals surface area contributed by atoms with E-state index in [1.807, 2.05) is 0 Å². The van der Waals surface area contributed by atoms with Gasteiger partial charge in [-0.1, -0.05) is 0 Å². The maximum atomic E-state index is 4.58. The van der Waals surface area contributed by atoms with Crippen molar-refractivity contribution in [1.29, 1.82) is 0 Å². The highest BCUT2D eigenvalue weighted by molar-refractivity contribution is 5.35. The highest BCUT2D eigenvalue weighted by Crippen LogP contribution is 2.39. The highest BCUT2D eigenvalue weighted by atomic mass is 15.3. The van der Waals surface area contributed by atoms with Crippen LogP contribution in [0.4, 0.5) is 5.95 Å². The molecule has 0 aromatic carbocycles. The third-order valence-corrected chi connectivity index (χ3v) is 5.83. The maximum absolute atomic E-state index is 4.58. The van der Waals surface area contributed by atoms with Gasteiger partial charge in [-0.15, -0.1) is 0 Å². The molecular weight excluding hydrogens is 336 g/mol. The smallest absolute Gasteiger partial charge is 0.228 e. The Morgan fingerprint density at radius 2 is 1.04 bits per heavy atom. The number of aromatic nitrogens is 3. The van der Waals surface area contributed by atoms with Crippen molar-refractivity contribution in [3.8, 4) is 0 Å². The third kappa shape index (κ3) is 4.96. The third-order valence-electron chi connectivity index (χ3n) is 5.83. The zero-order valence-electron chi connectivity index (χ0n) is 18.4. The van der Waals surface area contributed by atoms with Crippen LogP contribution in [0.15, 0.2) is 12.7 Å². The average Bonchev–Trinajstić information content (AvgIpc) is 2.41. The summed E-state index contributed by atoms with van der Waals surface area (Å²) in [5.74, 6) is 0.821.